The monoisotopic (exact) mass is 315 g/mol. The first-order chi connectivity index (χ1) is 10.7. The summed E-state index contributed by atoms with van der Waals surface area (Å²) in [5, 5.41) is 13.0. The number of nitro groups is 1. The van der Waals surface area contributed by atoms with Crippen LogP contribution in [-0.4, -0.2) is 11.0 Å². The van der Waals surface area contributed by atoms with Crippen molar-refractivity contribution in [1.29, 1.82) is 0 Å². The van der Waals surface area contributed by atoms with Gasteiger partial charge in [-0.25, -0.2) is 0 Å². The molecule has 3 unspecified atom stereocenters. The Morgan fingerprint density at radius 1 is 1.14 bits per heavy atom. The van der Waals surface area contributed by atoms with E-state index >= 15 is 0 Å². The highest BCUT2D eigenvalue weighted by atomic mass is 32.1. The summed E-state index contributed by atoms with van der Waals surface area (Å²) >= 11 is 1.83. The zero-order valence-electron chi connectivity index (χ0n) is 12.1. The maximum atomic E-state index is 10.8. The van der Waals surface area contributed by atoms with Gasteiger partial charge in [0.15, 0.2) is 0 Å². The second-order valence-corrected chi connectivity index (χ2v) is 6.98. The molecule has 2 aromatic rings. The molecule has 114 valence electrons. The van der Waals surface area contributed by atoms with Crippen molar-refractivity contribution in [2.24, 2.45) is 0 Å². The van der Waals surface area contributed by atoms with Crippen LogP contribution in [0.2, 0.25) is 0 Å². The van der Waals surface area contributed by atoms with Crippen LogP contribution in [0.3, 0.4) is 0 Å². The van der Waals surface area contributed by atoms with Crippen LogP contribution in [0.25, 0.3) is 0 Å². The van der Waals surface area contributed by atoms with Crippen molar-refractivity contribution in [3.05, 3.63) is 61.8 Å². The second-order valence-electron chi connectivity index (χ2n) is 6.03. The van der Waals surface area contributed by atoms with Crippen molar-refractivity contribution in [2.45, 2.75) is 43.8 Å². The molecule has 0 spiro atoms. The average Bonchev–Trinajstić information content (AvgIpc) is 3.04. The van der Waals surface area contributed by atoms with Gasteiger partial charge in [0.1, 0.15) is 6.10 Å². The fraction of sp³-hybridized carbons (Fsp3) is 0.412. The molecule has 22 heavy (non-hydrogen) atoms. The van der Waals surface area contributed by atoms with E-state index in [-0.39, 0.29) is 16.7 Å². The molecule has 1 aromatic heterocycles. The molecule has 0 saturated heterocycles. The van der Waals surface area contributed by atoms with E-state index in [1.807, 2.05) is 23.5 Å². The summed E-state index contributed by atoms with van der Waals surface area (Å²) in [6, 6.07) is 8.94. The Hall–Kier alpha value is -1.72. The van der Waals surface area contributed by atoms with Gasteiger partial charge in [0.2, 0.25) is 0 Å². The highest BCUT2D eigenvalue weighted by Gasteiger charge is 2.38. The fourth-order valence-corrected chi connectivity index (χ4v) is 4.80. The SMILES string of the molecule is O=[N+]([O-])c1ccc(C2OC3CCCCC3c3sccc32)cc1. The van der Waals surface area contributed by atoms with Crippen LogP contribution in [0.5, 0.6) is 0 Å². The van der Waals surface area contributed by atoms with Gasteiger partial charge in [0.25, 0.3) is 5.69 Å². The molecule has 4 nitrogen and oxygen atoms in total. The zero-order valence-corrected chi connectivity index (χ0v) is 12.9. The van der Waals surface area contributed by atoms with Crippen LogP contribution in [-0.2, 0) is 4.74 Å². The number of benzene rings is 1. The van der Waals surface area contributed by atoms with Gasteiger partial charge in [0.05, 0.1) is 11.0 Å². The Labute approximate surface area is 132 Å². The molecular weight excluding hydrogens is 298 g/mol. The predicted octanol–water partition coefficient (Wildman–Crippen LogP) is 4.80. The molecular formula is C17H17NO3S. The largest absolute Gasteiger partial charge is 0.365 e. The first-order valence-corrected chi connectivity index (χ1v) is 8.59. The van der Waals surface area contributed by atoms with E-state index in [1.165, 1.54) is 29.7 Å². The summed E-state index contributed by atoms with van der Waals surface area (Å²) < 4.78 is 6.40. The van der Waals surface area contributed by atoms with E-state index in [9.17, 15) is 10.1 Å². The zero-order chi connectivity index (χ0) is 15.1. The summed E-state index contributed by atoms with van der Waals surface area (Å²) in [5.41, 5.74) is 2.39. The van der Waals surface area contributed by atoms with Crippen LogP contribution < -0.4 is 0 Å². The lowest BCUT2D eigenvalue weighted by molar-refractivity contribution is -0.384. The van der Waals surface area contributed by atoms with Gasteiger partial charge in [-0.1, -0.05) is 12.8 Å². The van der Waals surface area contributed by atoms with E-state index in [0.717, 1.165) is 12.0 Å². The molecule has 5 heteroatoms. The maximum absolute atomic E-state index is 10.8. The number of rotatable bonds is 2. The van der Waals surface area contributed by atoms with Crippen molar-refractivity contribution in [3.63, 3.8) is 0 Å². The molecule has 1 aromatic carbocycles. The van der Waals surface area contributed by atoms with E-state index in [0.29, 0.717) is 12.0 Å². The van der Waals surface area contributed by atoms with E-state index in [2.05, 4.69) is 11.4 Å². The Kier molecular flexibility index (Phi) is 3.47. The van der Waals surface area contributed by atoms with Crippen LogP contribution in [0.15, 0.2) is 35.7 Å². The van der Waals surface area contributed by atoms with Crippen LogP contribution in [0, 0.1) is 10.1 Å². The number of nitro benzene ring substituents is 1. The van der Waals surface area contributed by atoms with Gasteiger partial charge < -0.3 is 4.74 Å². The summed E-state index contributed by atoms with van der Waals surface area (Å²) in [6.07, 6.45) is 5.05. The van der Waals surface area contributed by atoms with E-state index in [1.54, 1.807) is 12.1 Å². The number of nitrogens with zero attached hydrogens (tertiary/aromatic N) is 1. The van der Waals surface area contributed by atoms with Gasteiger partial charge in [-0.3, -0.25) is 10.1 Å². The predicted molar refractivity (Wildman–Crippen MR) is 85.3 cm³/mol. The number of hydrogen-bond donors (Lipinski definition) is 0. The minimum atomic E-state index is -0.362. The second kappa shape index (κ2) is 5.48. The smallest absolute Gasteiger partial charge is 0.269 e. The lowest BCUT2D eigenvalue weighted by Crippen LogP contribution is -2.32. The molecule has 1 saturated carbocycles. The number of hydrogen-bond acceptors (Lipinski definition) is 4. The minimum Gasteiger partial charge on any atom is -0.365 e. The summed E-state index contributed by atoms with van der Waals surface area (Å²) in [7, 11) is 0. The van der Waals surface area contributed by atoms with Gasteiger partial charge in [0, 0.05) is 22.9 Å². The molecule has 1 aliphatic heterocycles. The molecule has 0 radical (unpaired) electrons. The molecule has 3 atom stereocenters. The van der Waals surface area contributed by atoms with Gasteiger partial charge in [-0.15, -0.1) is 11.3 Å². The highest BCUT2D eigenvalue weighted by Crippen LogP contribution is 2.48. The third-order valence-electron chi connectivity index (χ3n) is 4.77. The third-order valence-corrected chi connectivity index (χ3v) is 5.83. The molecule has 4 rings (SSSR count). The third kappa shape index (κ3) is 2.25. The van der Waals surface area contributed by atoms with Gasteiger partial charge in [-0.05, 0) is 47.5 Å². The van der Waals surface area contributed by atoms with Gasteiger partial charge in [-0.2, -0.15) is 0 Å². The van der Waals surface area contributed by atoms with Crippen molar-refractivity contribution in [2.75, 3.05) is 0 Å². The van der Waals surface area contributed by atoms with Crippen LogP contribution >= 0.6 is 11.3 Å². The number of ether oxygens (including phenoxy) is 1. The quantitative estimate of drug-likeness (QED) is 0.590. The minimum absolute atomic E-state index is 0.0820. The van der Waals surface area contributed by atoms with Crippen LogP contribution in [0.1, 0.15) is 53.7 Å². The molecule has 0 amide bonds. The Bertz CT molecular complexity index is 694. The molecule has 1 fully saturated rings. The summed E-state index contributed by atoms with van der Waals surface area (Å²) in [5.74, 6) is 0.540. The fourth-order valence-electron chi connectivity index (χ4n) is 3.69. The lowest BCUT2D eigenvalue weighted by Gasteiger charge is -2.39. The summed E-state index contributed by atoms with van der Waals surface area (Å²) in [4.78, 5) is 11.9. The number of non-ortho nitro benzene ring substituents is 1. The Balaban J connectivity index is 1.71. The molecule has 0 N–H and O–H groups in total. The first kappa shape index (κ1) is 13.9. The van der Waals surface area contributed by atoms with Crippen molar-refractivity contribution < 1.29 is 9.66 Å². The standard InChI is InChI=1S/C17H17NO3S/c19-18(20)12-7-5-11(6-8-12)16-14-9-10-22-17(14)13-3-1-2-4-15(13)21-16/h5-10,13,15-16H,1-4H2. The maximum Gasteiger partial charge on any atom is 0.269 e. The highest BCUT2D eigenvalue weighted by molar-refractivity contribution is 7.10. The Morgan fingerprint density at radius 3 is 2.68 bits per heavy atom. The normalized spacial score (nSPS) is 27.0. The van der Waals surface area contributed by atoms with E-state index in [4.69, 9.17) is 4.74 Å². The summed E-state index contributed by atoms with van der Waals surface area (Å²) in [6.45, 7) is 0. The molecule has 0 bridgehead atoms. The molecule has 1 aliphatic carbocycles. The van der Waals surface area contributed by atoms with Crippen molar-refractivity contribution in [1.82, 2.24) is 0 Å². The first-order valence-electron chi connectivity index (χ1n) is 7.71. The molecule has 2 heterocycles. The average molecular weight is 315 g/mol. The number of fused-ring (bicyclic) bond motifs is 3. The van der Waals surface area contributed by atoms with Gasteiger partial charge >= 0.3 is 0 Å². The molecule has 2 aliphatic rings. The van der Waals surface area contributed by atoms with Crippen LogP contribution in [0.4, 0.5) is 5.69 Å². The van der Waals surface area contributed by atoms with Crippen molar-refractivity contribution >= 4 is 17.0 Å². The topological polar surface area (TPSA) is 52.4 Å². The number of thiophene rings is 1. The Morgan fingerprint density at radius 2 is 1.91 bits per heavy atom. The lowest BCUT2D eigenvalue weighted by atomic mass is 9.80. The van der Waals surface area contributed by atoms with Crippen molar-refractivity contribution in [3.8, 4) is 0 Å². The van der Waals surface area contributed by atoms with E-state index < -0.39 is 0 Å².